The van der Waals surface area contributed by atoms with Gasteiger partial charge in [-0.3, -0.25) is 4.79 Å². The van der Waals surface area contributed by atoms with E-state index < -0.39 is 0 Å². The van der Waals surface area contributed by atoms with Crippen LogP contribution >= 0.6 is 0 Å². The van der Waals surface area contributed by atoms with Gasteiger partial charge in [0.2, 0.25) is 5.91 Å². The number of nitrogens with zero attached hydrogens (tertiary/aromatic N) is 1. The van der Waals surface area contributed by atoms with Crippen LogP contribution in [0, 0.1) is 6.92 Å². The van der Waals surface area contributed by atoms with Crippen LogP contribution in [0.1, 0.15) is 26.3 Å². The maximum Gasteiger partial charge on any atom is 0.244 e. The first-order valence-electron chi connectivity index (χ1n) is 7.87. The highest BCUT2D eigenvalue weighted by atomic mass is 16.5. The SMILES string of the molecule is Cc1cc(N[C@@H](C)C(=O)N2CCOCC2)ccc1OC(C)C. The summed E-state index contributed by atoms with van der Waals surface area (Å²) in [5, 5.41) is 3.27. The minimum atomic E-state index is -0.255. The molecule has 1 N–H and O–H groups in total. The molecule has 1 heterocycles. The lowest BCUT2D eigenvalue weighted by molar-refractivity contribution is -0.135. The predicted octanol–water partition coefficient (Wildman–Crippen LogP) is 2.44. The Bertz CT molecular complexity index is 511. The number of benzene rings is 1. The average Bonchev–Trinajstić information content (AvgIpc) is 2.49. The minimum Gasteiger partial charge on any atom is -0.491 e. The zero-order valence-electron chi connectivity index (χ0n) is 13.9. The zero-order valence-corrected chi connectivity index (χ0v) is 13.9. The van der Waals surface area contributed by atoms with Gasteiger partial charge in [-0.25, -0.2) is 0 Å². The fourth-order valence-corrected chi connectivity index (χ4v) is 2.49. The van der Waals surface area contributed by atoms with Gasteiger partial charge in [0.1, 0.15) is 11.8 Å². The third-order valence-corrected chi connectivity index (χ3v) is 3.61. The molecular formula is C17H26N2O3. The van der Waals surface area contributed by atoms with Gasteiger partial charge in [-0.1, -0.05) is 0 Å². The molecule has 122 valence electrons. The molecule has 0 aromatic heterocycles. The Balaban J connectivity index is 1.97. The molecule has 1 atom stereocenters. The smallest absolute Gasteiger partial charge is 0.244 e. The van der Waals surface area contributed by atoms with Gasteiger partial charge < -0.3 is 19.7 Å². The van der Waals surface area contributed by atoms with Gasteiger partial charge in [0.05, 0.1) is 19.3 Å². The number of rotatable bonds is 5. The van der Waals surface area contributed by atoms with Crippen LogP contribution in [0.25, 0.3) is 0 Å². The monoisotopic (exact) mass is 306 g/mol. The third kappa shape index (κ3) is 4.37. The molecule has 5 nitrogen and oxygen atoms in total. The summed E-state index contributed by atoms with van der Waals surface area (Å²) in [6.45, 7) is 10.5. The maximum absolute atomic E-state index is 12.4. The highest BCUT2D eigenvalue weighted by Gasteiger charge is 2.22. The number of ether oxygens (including phenoxy) is 2. The molecule has 0 aliphatic carbocycles. The van der Waals surface area contributed by atoms with E-state index in [0.29, 0.717) is 26.3 Å². The van der Waals surface area contributed by atoms with Gasteiger partial charge in [-0.05, 0) is 51.5 Å². The highest BCUT2D eigenvalue weighted by molar-refractivity contribution is 5.84. The second-order valence-corrected chi connectivity index (χ2v) is 5.95. The fourth-order valence-electron chi connectivity index (χ4n) is 2.49. The molecule has 0 unspecified atom stereocenters. The summed E-state index contributed by atoms with van der Waals surface area (Å²) in [5.74, 6) is 0.996. The number of morpholine rings is 1. The summed E-state index contributed by atoms with van der Waals surface area (Å²) in [6.07, 6.45) is 0.152. The lowest BCUT2D eigenvalue weighted by Crippen LogP contribution is -2.47. The van der Waals surface area contributed by atoms with E-state index in [1.54, 1.807) is 0 Å². The van der Waals surface area contributed by atoms with Gasteiger partial charge >= 0.3 is 0 Å². The summed E-state index contributed by atoms with van der Waals surface area (Å²) >= 11 is 0. The number of aryl methyl sites for hydroxylation is 1. The number of carbonyl (C=O) groups is 1. The number of anilines is 1. The molecule has 1 aromatic carbocycles. The van der Waals surface area contributed by atoms with Crippen LogP contribution in [0.5, 0.6) is 5.75 Å². The molecule has 22 heavy (non-hydrogen) atoms. The summed E-state index contributed by atoms with van der Waals surface area (Å²) < 4.78 is 11.0. The largest absolute Gasteiger partial charge is 0.491 e. The van der Waals surface area contributed by atoms with Crippen LogP contribution in [0.2, 0.25) is 0 Å². The van der Waals surface area contributed by atoms with E-state index in [1.165, 1.54) is 0 Å². The lowest BCUT2D eigenvalue weighted by Gasteiger charge is -2.29. The van der Waals surface area contributed by atoms with Crippen molar-refractivity contribution in [3.05, 3.63) is 23.8 Å². The molecule has 1 aromatic rings. The topological polar surface area (TPSA) is 50.8 Å². The van der Waals surface area contributed by atoms with E-state index in [-0.39, 0.29) is 18.1 Å². The van der Waals surface area contributed by atoms with Crippen LogP contribution in [0.15, 0.2) is 18.2 Å². The van der Waals surface area contributed by atoms with Crippen LogP contribution in [-0.2, 0) is 9.53 Å². The fraction of sp³-hybridized carbons (Fsp3) is 0.588. The molecule has 0 saturated carbocycles. The van der Waals surface area contributed by atoms with Crippen molar-refractivity contribution >= 4 is 11.6 Å². The first-order chi connectivity index (χ1) is 10.5. The van der Waals surface area contributed by atoms with Gasteiger partial charge in [0, 0.05) is 18.8 Å². The molecule has 1 aliphatic heterocycles. The van der Waals surface area contributed by atoms with Gasteiger partial charge in [-0.15, -0.1) is 0 Å². The van der Waals surface area contributed by atoms with E-state index in [4.69, 9.17) is 9.47 Å². The number of hydrogen-bond donors (Lipinski definition) is 1. The summed E-state index contributed by atoms with van der Waals surface area (Å²) in [7, 11) is 0. The summed E-state index contributed by atoms with van der Waals surface area (Å²) in [4.78, 5) is 14.2. The van der Waals surface area contributed by atoms with E-state index in [2.05, 4.69) is 5.32 Å². The quantitative estimate of drug-likeness (QED) is 0.908. The first kappa shape index (κ1) is 16.6. The molecule has 5 heteroatoms. The van der Waals surface area contributed by atoms with Crippen LogP contribution in [0.4, 0.5) is 5.69 Å². The first-order valence-corrected chi connectivity index (χ1v) is 7.87. The van der Waals surface area contributed by atoms with Crippen LogP contribution in [-0.4, -0.2) is 49.3 Å². The van der Waals surface area contributed by atoms with Crippen molar-refractivity contribution in [2.45, 2.75) is 39.8 Å². The Kier molecular flexibility index (Phi) is 5.66. The Morgan fingerprint density at radius 1 is 1.27 bits per heavy atom. The van der Waals surface area contributed by atoms with Gasteiger partial charge in [-0.2, -0.15) is 0 Å². The highest BCUT2D eigenvalue weighted by Crippen LogP contribution is 2.23. The molecule has 1 aliphatic rings. The van der Waals surface area contributed by atoms with E-state index in [9.17, 15) is 4.79 Å². The van der Waals surface area contributed by atoms with Crippen molar-refractivity contribution in [1.29, 1.82) is 0 Å². The molecule has 0 spiro atoms. The minimum absolute atomic E-state index is 0.114. The molecule has 2 rings (SSSR count). The second-order valence-electron chi connectivity index (χ2n) is 5.95. The summed E-state index contributed by atoms with van der Waals surface area (Å²) in [6, 6.07) is 5.66. The van der Waals surface area contributed by atoms with E-state index >= 15 is 0 Å². The van der Waals surface area contributed by atoms with Crippen molar-refractivity contribution < 1.29 is 14.3 Å². The zero-order chi connectivity index (χ0) is 16.1. The third-order valence-electron chi connectivity index (χ3n) is 3.61. The van der Waals surface area contributed by atoms with Gasteiger partial charge in [0.25, 0.3) is 0 Å². The van der Waals surface area contributed by atoms with Crippen molar-refractivity contribution in [3.8, 4) is 5.75 Å². The van der Waals surface area contributed by atoms with Crippen molar-refractivity contribution in [2.75, 3.05) is 31.6 Å². The van der Waals surface area contributed by atoms with Crippen LogP contribution in [0.3, 0.4) is 0 Å². The molecule has 0 radical (unpaired) electrons. The Hall–Kier alpha value is -1.75. The summed E-state index contributed by atoms with van der Waals surface area (Å²) in [5.41, 5.74) is 1.99. The standard InChI is InChI=1S/C17H26N2O3/c1-12(2)22-16-6-5-15(11-13(16)3)18-14(4)17(20)19-7-9-21-10-8-19/h5-6,11-12,14,18H,7-10H2,1-4H3/t14-/m0/s1. The Labute approximate surface area is 132 Å². The molecule has 1 amide bonds. The van der Waals surface area contributed by atoms with Crippen molar-refractivity contribution in [1.82, 2.24) is 4.90 Å². The predicted molar refractivity (Wildman–Crippen MR) is 87.4 cm³/mol. The molecular weight excluding hydrogens is 280 g/mol. The second kappa shape index (κ2) is 7.49. The molecule has 0 bridgehead atoms. The van der Waals surface area contributed by atoms with E-state index in [0.717, 1.165) is 17.0 Å². The van der Waals surface area contributed by atoms with E-state index in [1.807, 2.05) is 50.8 Å². The van der Waals surface area contributed by atoms with Gasteiger partial charge in [0.15, 0.2) is 0 Å². The number of carbonyl (C=O) groups excluding carboxylic acids is 1. The van der Waals surface area contributed by atoms with Crippen molar-refractivity contribution in [3.63, 3.8) is 0 Å². The Morgan fingerprint density at radius 3 is 2.55 bits per heavy atom. The molecule has 1 saturated heterocycles. The Morgan fingerprint density at radius 2 is 1.95 bits per heavy atom. The van der Waals surface area contributed by atoms with Crippen LogP contribution < -0.4 is 10.1 Å². The number of hydrogen-bond acceptors (Lipinski definition) is 4. The number of nitrogens with one attached hydrogen (secondary N) is 1. The van der Waals surface area contributed by atoms with Crippen molar-refractivity contribution in [2.24, 2.45) is 0 Å². The maximum atomic E-state index is 12.4. The number of amides is 1. The molecule has 1 fully saturated rings. The lowest BCUT2D eigenvalue weighted by atomic mass is 10.1. The average molecular weight is 306 g/mol. The normalized spacial score (nSPS) is 16.5.